The van der Waals surface area contributed by atoms with E-state index in [1.54, 1.807) is 16.7 Å². The van der Waals surface area contributed by atoms with Crippen molar-refractivity contribution in [2.24, 2.45) is 0 Å². The predicted octanol–water partition coefficient (Wildman–Crippen LogP) is -0.318. The number of hydrogen-bond donors (Lipinski definition) is 3. The molecule has 3 aliphatic rings. The molecule has 3 heterocycles. The van der Waals surface area contributed by atoms with Crippen LogP contribution in [0, 0.1) is 0 Å². The van der Waals surface area contributed by atoms with Gasteiger partial charge in [0.2, 0.25) is 5.72 Å². The Kier molecular flexibility index (Phi) is 2.45. The lowest BCUT2D eigenvalue weighted by molar-refractivity contribution is -0.208. The largest absolute Gasteiger partial charge is 0.366 e. The lowest BCUT2D eigenvalue weighted by atomic mass is 9.99. The average molecular weight is 371 g/mol. The van der Waals surface area contributed by atoms with Gasteiger partial charge in [-0.1, -0.05) is 0 Å². The molecule has 2 fully saturated rings. The highest BCUT2D eigenvalue weighted by atomic mass is 79.9. The van der Waals surface area contributed by atoms with Crippen molar-refractivity contribution in [2.75, 3.05) is 14.1 Å². The first-order valence-electron chi connectivity index (χ1n) is 6.87. The molecule has 0 aromatic carbocycles. The molecule has 0 spiro atoms. The van der Waals surface area contributed by atoms with Crippen LogP contribution in [0.4, 0.5) is 4.79 Å². The Morgan fingerprint density at radius 1 is 1.27 bits per heavy atom. The van der Waals surface area contributed by atoms with Gasteiger partial charge in [0.05, 0.1) is 10.6 Å². The fourth-order valence-corrected chi connectivity index (χ4v) is 4.65. The number of likely N-dealkylation sites (N-methyl/N-ethyl adjacent to an activating group) is 2. The van der Waals surface area contributed by atoms with Crippen molar-refractivity contribution in [3.8, 4) is 0 Å². The minimum atomic E-state index is -1.89. The smallest absolute Gasteiger partial charge is 0.324 e. The molecule has 22 heavy (non-hydrogen) atoms. The summed E-state index contributed by atoms with van der Waals surface area (Å²) in [7, 11) is 2.87. The van der Waals surface area contributed by atoms with Crippen LogP contribution in [0.15, 0.2) is 16.7 Å². The van der Waals surface area contributed by atoms with E-state index in [1.807, 2.05) is 0 Å². The van der Waals surface area contributed by atoms with Crippen molar-refractivity contribution in [3.05, 3.63) is 22.4 Å². The number of fused-ring (bicyclic) bond motifs is 5. The fraction of sp³-hybridized carbons (Fsp3) is 0.538. The van der Waals surface area contributed by atoms with Gasteiger partial charge in [0.15, 0.2) is 5.72 Å². The van der Waals surface area contributed by atoms with E-state index in [-0.39, 0.29) is 18.4 Å². The van der Waals surface area contributed by atoms with E-state index in [9.17, 15) is 19.8 Å². The molecular weight excluding hydrogens is 356 g/mol. The second kappa shape index (κ2) is 3.84. The molecule has 1 saturated carbocycles. The summed E-state index contributed by atoms with van der Waals surface area (Å²) in [6.07, 6.45) is 0.112. The standard InChI is InChI=1S/C13H15BrN4O4/c1-16-11(20)17(2)13(22)9-7(5-12(13,16)21)18-6(10(19)15-9)3-4-8(18)14/h3-4,7,9,21-22H,5H2,1-2H3,(H,15,19)/t7-,9-,12+,13-/m1/s1. The number of hydrogen-bond acceptors (Lipinski definition) is 4. The van der Waals surface area contributed by atoms with Crippen molar-refractivity contribution in [2.45, 2.75) is 30.0 Å². The Hall–Kier alpha value is -1.58. The monoisotopic (exact) mass is 370 g/mol. The van der Waals surface area contributed by atoms with Gasteiger partial charge < -0.3 is 20.1 Å². The number of aromatic nitrogens is 1. The molecule has 4 rings (SSSR count). The van der Waals surface area contributed by atoms with E-state index in [0.29, 0.717) is 10.3 Å². The number of aliphatic hydroxyl groups is 2. The zero-order valence-electron chi connectivity index (χ0n) is 11.9. The molecule has 2 aliphatic heterocycles. The lowest BCUT2D eigenvalue weighted by Gasteiger charge is -2.41. The highest BCUT2D eigenvalue weighted by molar-refractivity contribution is 9.10. The molecule has 118 valence electrons. The van der Waals surface area contributed by atoms with Gasteiger partial charge in [0.1, 0.15) is 11.7 Å². The van der Waals surface area contributed by atoms with E-state index < -0.39 is 23.5 Å². The van der Waals surface area contributed by atoms with E-state index >= 15 is 0 Å². The molecule has 0 bridgehead atoms. The maximum absolute atomic E-state index is 12.3. The molecule has 8 nitrogen and oxygen atoms in total. The van der Waals surface area contributed by atoms with Crippen molar-refractivity contribution in [3.63, 3.8) is 0 Å². The van der Waals surface area contributed by atoms with Gasteiger partial charge >= 0.3 is 6.03 Å². The second-order valence-corrected chi connectivity index (χ2v) is 6.89. The Morgan fingerprint density at radius 2 is 1.95 bits per heavy atom. The van der Waals surface area contributed by atoms with E-state index in [2.05, 4.69) is 21.2 Å². The molecule has 1 saturated heterocycles. The van der Waals surface area contributed by atoms with E-state index in [4.69, 9.17) is 0 Å². The van der Waals surface area contributed by atoms with Crippen molar-refractivity contribution in [1.82, 2.24) is 19.7 Å². The van der Waals surface area contributed by atoms with Crippen LogP contribution in [0.25, 0.3) is 0 Å². The van der Waals surface area contributed by atoms with Crippen LogP contribution in [0.3, 0.4) is 0 Å². The van der Waals surface area contributed by atoms with Crippen LogP contribution in [-0.2, 0) is 0 Å². The number of nitrogens with zero attached hydrogens (tertiary/aromatic N) is 3. The zero-order chi connectivity index (χ0) is 16.0. The summed E-state index contributed by atoms with van der Waals surface area (Å²) >= 11 is 3.40. The van der Waals surface area contributed by atoms with E-state index in [1.165, 1.54) is 14.1 Å². The SMILES string of the molecule is CN1C(=O)N(C)[C@@]2(O)[C@@H]3NC(=O)c4ccc(Br)n4[C@@H]3C[C@@]12O. The Morgan fingerprint density at radius 3 is 2.64 bits per heavy atom. The molecule has 0 unspecified atom stereocenters. The Labute approximate surface area is 134 Å². The number of halogens is 1. The molecule has 1 aromatic heterocycles. The quantitative estimate of drug-likeness (QED) is 0.582. The molecule has 0 radical (unpaired) electrons. The zero-order valence-corrected chi connectivity index (χ0v) is 13.5. The van der Waals surface area contributed by atoms with Crippen molar-refractivity contribution < 1.29 is 19.8 Å². The maximum atomic E-state index is 12.3. The first-order chi connectivity index (χ1) is 10.2. The maximum Gasteiger partial charge on any atom is 0.324 e. The number of urea groups is 1. The van der Waals surface area contributed by atoms with Crippen LogP contribution < -0.4 is 5.32 Å². The Balaban J connectivity index is 1.92. The van der Waals surface area contributed by atoms with Crippen LogP contribution in [0.5, 0.6) is 0 Å². The fourth-order valence-electron chi connectivity index (χ4n) is 4.06. The minimum Gasteiger partial charge on any atom is -0.366 e. The summed E-state index contributed by atoms with van der Waals surface area (Å²) in [5.41, 5.74) is -3.20. The van der Waals surface area contributed by atoms with Gasteiger partial charge in [0.25, 0.3) is 5.91 Å². The van der Waals surface area contributed by atoms with Gasteiger partial charge in [-0.05, 0) is 28.1 Å². The number of carbonyl (C=O) groups excluding carboxylic acids is 2. The second-order valence-electron chi connectivity index (χ2n) is 6.08. The van der Waals surface area contributed by atoms with Crippen molar-refractivity contribution >= 4 is 27.9 Å². The topological polar surface area (TPSA) is 98.0 Å². The molecule has 1 aromatic rings. The number of carbonyl (C=O) groups is 2. The van der Waals surface area contributed by atoms with Gasteiger partial charge in [-0.3, -0.25) is 14.6 Å². The van der Waals surface area contributed by atoms with Crippen LogP contribution in [0.1, 0.15) is 23.0 Å². The molecular formula is C13H15BrN4O4. The van der Waals surface area contributed by atoms with Crippen LogP contribution in [-0.4, -0.2) is 68.1 Å². The summed E-state index contributed by atoms with van der Waals surface area (Å²) < 4.78 is 2.44. The summed E-state index contributed by atoms with van der Waals surface area (Å²) in [6, 6.07) is 1.76. The molecule has 3 N–H and O–H groups in total. The highest BCUT2D eigenvalue weighted by Crippen LogP contribution is 2.54. The third kappa shape index (κ3) is 1.23. The normalized spacial score (nSPS) is 39.7. The average Bonchev–Trinajstić information content (AvgIpc) is 3.01. The van der Waals surface area contributed by atoms with E-state index in [0.717, 1.165) is 9.80 Å². The predicted molar refractivity (Wildman–Crippen MR) is 77.9 cm³/mol. The van der Waals surface area contributed by atoms with Crippen LogP contribution in [0.2, 0.25) is 0 Å². The number of amides is 3. The third-order valence-electron chi connectivity index (χ3n) is 5.26. The van der Waals surface area contributed by atoms with Crippen molar-refractivity contribution in [1.29, 1.82) is 0 Å². The van der Waals surface area contributed by atoms with Crippen LogP contribution >= 0.6 is 15.9 Å². The highest BCUT2D eigenvalue weighted by Gasteiger charge is 2.75. The third-order valence-corrected chi connectivity index (χ3v) is 5.91. The molecule has 1 aliphatic carbocycles. The van der Waals surface area contributed by atoms with Gasteiger partial charge in [-0.25, -0.2) is 4.79 Å². The number of nitrogens with one attached hydrogen (secondary N) is 1. The molecule has 4 atom stereocenters. The first kappa shape index (κ1) is 14.0. The lowest BCUT2D eigenvalue weighted by Crippen LogP contribution is -2.67. The summed E-state index contributed by atoms with van der Waals surface area (Å²) in [5.74, 6) is -0.347. The van der Waals surface area contributed by atoms with Gasteiger partial charge in [-0.15, -0.1) is 0 Å². The Bertz CT molecular complexity index is 721. The summed E-state index contributed by atoms with van der Waals surface area (Å²) in [6.45, 7) is 0. The van der Waals surface area contributed by atoms with Gasteiger partial charge in [0, 0.05) is 20.5 Å². The minimum absolute atomic E-state index is 0.112. The number of rotatable bonds is 0. The molecule has 9 heteroatoms. The summed E-state index contributed by atoms with van der Waals surface area (Å²) in [5, 5.41) is 24.9. The van der Waals surface area contributed by atoms with Gasteiger partial charge in [-0.2, -0.15) is 0 Å². The summed E-state index contributed by atoms with van der Waals surface area (Å²) in [4.78, 5) is 26.7. The molecule has 3 amide bonds. The first-order valence-corrected chi connectivity index (χ1v) is 7.66.